The zero-order chi connectivity index (χ0) is 24.5. The summed E-state index contributed by atoms with van der Waals surface area (Å²) in [5.74, 6) is -0.591. The van der Waals surface area contributed by atoms with Crippen LogP contribution in [-0.4, -0.2) is 48.1 Å². The quantitative estimate of drug-likeness (QED) is 0.399. The maximum Gasteiger partial charge on any atom is 0.387 e. The Kier molecular flexibility index (Phi) is 6.99. The van der Waals surface area contributed by atoms with Crippen LogP contribution in [0.2, 0.25) is 0 Å². The van der Waals surface area contributed by atoms with Crippen molar-refractivity contribution < 1.29 is 27.2 Å². The van der Waals surface area contributed by atoms with Crippen LogP contribution in [0.1, 0.15) is 42.6 Å². The molecule has 10 heteroatoms. The van der Waals surface area contributed by atoms with Crippen molar-refractivity contribution in [1.29, 1.82) is 0 Å². The minimum atomic E-state index is -3.09. The molecular weight excluding hydrogens is 464 g/mol. The molecule has 1 aromatic carbocycles. The molecule has 1 saturated carbocycles. The SMILES string of the molecule is COc1cc(-c2cnn3cc(C(C)(C)COSC)ccc23)cc(OC(F)F)c1C(=O)NC1CC1. The zero-order valence-corrected chi connectivity index (χ0v) is 20.2. The Balaban J connectivity index is 1.76. The Morgan fingerprint density at radius 2 is 2.03 bits per heavy atom. The number of nitrogens with zero attached hydrogens (tertiary/aromatic N) is 2. The number of hydrogen-bond acceptors (Lipinski definition) is 6. The predicted molar refractivity (Wildman–Crippen MR) is 127 cm³/mol. The van der Waals surface area contributed by atoms with Gasteiger partial charge in [-0.25, -0.2) is 4.52 Å². The van der Waals surface area contributed by atoms with E-state index in [1.54, 1.807) is 16.8 Å². The molecule has 7 nitrogen and oxygen atoms in total. The van der Waals surface area contributed by atoms with Crippen molar-refractivity contribution in [3.8, 4) is 22.6 Å². The van der Waals surface area contributed by atoms with Crippen LogP contribution in [0.3, 0.4) is 0 Å². The van der Waals surface area contributed by atoms with E-state index in [2.05, 4.69) is 24.3 Å². The lowest BCUT2D eigenvalue weighted by molar-refractivity contribution is -0.0502. The number of rotatable bonds is 10. The number of alkyl halides is 2. The first-order chi connectivity index (χ1) is 16.2. The Bertz CT molecular complexity index is 1190. The fourth-order valence-electron chi connectivity index (χ4n) is 3.70. The van der Waals surface area contributed by atoms with Gasteiger partial charge in [-0.1, -0.05) is 19.9 Å². The third-order valence-corrected chi connectivity index (χ3v) is 6.14. The molecule has 0 bridgehead atoms. The summed E-state index contributed by atoms with van der Waals surface area (Å²) >= 11 is 1.32. The Labute approximate surface area is 201 Å². The molecule has 0 spiro atoms. The lowest BCUT2D eigenvalue weighted by Gasteiger charge is -2.24. The summed E-state index contributed by atoms with van der Waals surface area (Å²) in [6.07, 6.45) is 7.17. The zero-order valence-electron chi connectivity index (χ0n) is 19.4. The molecule has 0 unspecified atom stereocenters. The Morgan fingerprint density at radius 3 is 2.68 bits per heavy atom. The number of nitrogens with one attached hydrogen (secondary N) is 1. The number of aromatic nitrogens is 2. The highest BCUT2D eigenvalue weighted by Crippen LogP contribution is 2.38. The smallest absolute Gasteiger partial charge is 0.387 e. The van der Waals surface area contributed by atoms with Gasteiger partial charge in [-0.3, -0.25) is 4.79 Å². The summed E-state index contributed by atoms with van der Waals surface area (Å²) in [7, 11) is 1.39. The number of amides is 1. The Hall–Kier alpha value is -2.85. The first kappa shape index (κ1) is 24.3. The lowest BCUT2D eigenvalue weighted by Crippen LogP contribution is -2.26. The van der Waals surface area contributed by atoms with Crippen LogP contribution < -0.4 is 14.8 Å². The number of pyridine rings is 1. The van der Waals surface area contributed by atoms with E-state index in [1.807, 2.05) is 24.6 Å². The molecule has 0 saturated heterocycles. The van der Waals surface area contributed by atoms with Gasteiger partial charge in [0.2, 0.25) is 0 Å². The molecule has 1 aliphatic rings. The molecule has 0 aliphatic heterocycles. The van der Waals surface area contributed by atoms with Crippen LogP contribution in [0.4, 0.5) is 8.78 Å². The summed E-state index contributed by atoms with van der Waals surface area (Å²) < 4.78 is 43.9. The molecule has 0 radical (unpaired) electrons. The van der Waals surface area contributed by atoms with Gasteiger partial charge in [-0.05, 0) is 54.2 Å². The summed E-state index contributed by atoms with van der Waals surface area (Å²) in [6, 6.07) is 7.04. The van der Waals surface area contributed by atoms with Crippen LogP contribution in [0.5, 0.6) is 11.5 Å². The van der Waals surface area contributed by atoms with E-state index in [0.717, 1.165) is 23.9 Å². The fraction of sp³-hybridized carbons (Fsp3) is 0.417. The van der Waals surface area contributed by atoms with E-state index in [1.165, 1.54) is 25.2 Å². The first-order valence-electron chi connectivity index (χ1n) is 10.8. The van der Waals surface area contributed by atoms with Crippen molar-refractivity contribution in [3.05, 3.63) is 47.8 Å². The standard InChI is InChI=1S/C24H27F2N3O4S/c1-24(2,13-32-34-4)15-5-8-18-17(11-27-29(18)12-15)14-9-19(31-3)21(20(10-14)33-23(25)26)22(30)28-16-6-7-16/h5,8-12,16,23H,6-7,13H2,1-4H3,(H,28,30). The maximum atomic E-state index is 13.2. The second-order valence-corrected chi connectivity index (χ2v) is 9.37. The minimum absolute atomic E-state index is 0.0484. The van der Waals surface area contributed by atoms with Gasteiger partial charge in [0.15, 0.2) is 0 Å². The summed E-state index contributed by atoms with van der Waals surface area (Å²) in [5, 5.41) is 7.27. The number of benzene rings is 1. The minimum Gasteiger partial charge on any atom is -0.496 e. The van der Waals surface area contributed by atoms with E-state index in [0.29, 0.717) is 17.7 Å². The summed E-state index contributed by atoms with van der Waals surface area (Å²) in [5.41, 5.74) is 2.76. The van der Waals surface area contributed by atoms with Gasteiger partial charge in [0, 0.05) is 29.5 Å². The van der Waals surface area contributed by atoms with Crippen molar-refractivity contribution in [2.45, 2.75) is 44.8 Å². The summed E-state index contributed by atoms with van der Waals surface area (Å²) in [6.45, 7) is 1.60. The average molecular weight is 492 g/mol. The molecular formula is C24H27F2N3O4S. The molecule has 182 valence electrons. The molecule has 2 aromatic heterocycles. The predicted octanol–water partition coefficient (Wildman–Crippen LogP) is 5.08. The molecule has 34 heavy (non-hydrogen) atoms. The molecule has 3 aromatic rings. The van der Waals surface area contributed by atoms with Crippen LogP contribution in [-0.2, 0) is 9.60 Å². The van der Waals surface area contributed by atoms with Gasteiger partial charge >= 0.3 is 6.61 Å². The van der Waals surface area contributed by atoms with Gasteiger partial charge < -0.3 is 19.0 Å². The van der Waals surface area contributed by atoms with Gasteiger partial charge in [0.05, 0.1) is 25.4 Å². The van der Waals surface area contributed by atoms with Gasteiger partial charge in [-0.15, -0.1) is 0 Å². The molecule has 1 amide bonds. The van der Waals surface area contributed by atoms with Crippen molar-refractivity contribution in [1.82, 2.24) is 14.9 Å². The van der Waals surface area contributed by atoms with Gasteiger partial charge in [0.1, 0.15) is 17.1 Å². The van der Waals surface area contributed by atoms with Crippen LogP contribution >= 0.6 is 12.0 Å². The number of ether oxygens (including phenoxy) is 2. The van der Waals surface area contributed by atoms with Crippen molar-refractivity contribution in [2.75, 3.05) is 20.0 Å². The van der Waals surface area contributed by atoms with E-state index in [9.17, 15) is 13.6 Å². The van der Waals surface area contributed by atoms with Crippen LogP contribution in [0.25, 0.3) is 16.6 Å². The third kappa shape index (κ3) is 5.12. The highest BCUT2D eigenvalue weighted by molar-refractivity contribution is 7.93. The van der Waals surface area contributed by atoms with Gasteiger partial charge in [-0.2, -0.15) is 13.9 Å². The van der Waals surface area contributed by atoms with E-state index in [-0.39, 0.29) is 28.5 Å². The van der Waals surface area contributed by atoms with Crippen LogP contribution in [0.15, 0.2) is 36.7 Å². The van der Waals surface area contributed by atoms with Crippen LogP contribution in [0, 0.1) is 0 Å². The first-order valence-corrected chi connectivity index (χ1v) is 12.0. The molecule has 1 aliphatic carbocycles. The second-order valence-electron chi connectivity index (χ2n) is 8.80. The lowest BCUT2D eigenvalue weighted by atomic mass is 9.87. The number of carbonyl (C=O) groups excluding carboxylic acids is 1. The Morgan fingerprint density at radius 1 is 1.29 bits per heavy atom. The number of carbonyl (C=O) groups is 1. The molecule has 0 atom stereocenters. The van der Waals surface area contributed by atoms with Crippen molar-refractivity contribution in [2.24, 2.45) is 0 Å². The highest BCUT2D eigenvalue weighted by Gasteiger charge is 2.29. The number of fused-ring (bicyclic) bond motifs is 1. The molecule has 1 fully saturated rings. The topological polar surface area (TPSA) is 74.1 Å². The maximum absolute atomic E-state index is 13.2. The monoisotopic (exact) mass is 491 g/mol. The van der Waals surface area contributed by atoms with E-state index in [4.69, 9.17) is 13.7 Å². The molecule has 4 rings (SSSR count). The highest BCUT2D eigenvalue weighted by atomic mass is 32.2. The number of halogens is 2. The molecule has 2 heterocycles. The average Bonchev–Trinajstić information content (AvgIpc) is 3.51. The van der Waals surface area contributed by atoms with Crippen molar-refractivity contribution in [3.63, 3.8) is 0 Å². The summed E-state index contributed by atoms with van der Waals surface area (Å²) in [4.78, 5) is 12.7. The van der Waals surface area contributed by atoms with E-state index >= 15 is 0 Å². The van der Waals surface area contributed by atoms with Crippen molar-refractivity contribution >= 4 is 23.5 Å². The van der Waals surface area contributed by atoms with Gasteiger partial charge in [0.25, 0.3) is 5.91 Å². The number of hydrogen-bond donors (Lipinski definition) is 1. The molecule has 1 N–H and O–H groups in total. The second kappa shape index (κ2) is 9.79. The van der Waals surface area contributed by atoms with E-state index < -0.39 is 12.5 Å². The largest absolute Gasteiger partial charge is 0.496 e. The number of methoxy groups -OCH3 is 1. The third-order valence-electron chi connectivity index (χ3n) is 5.79. The normalized spacial score (nSPS) is 14.0. The fourth-order valence-corrected chi connectivity index (χ4v) is 4.11.